The predicted octanol–water partition coefficient (Wildman–Crippen LogP) is 3.28. The van der Waals surface area contributed by atoms with Crippen molar-refractivity contribution in [3.63, 3.8) is 0 Å². The highest BCUT2D eigenvalue weighted by atomic mass is 19.1. The Labute approximate surface area is 192 Å². The molecule has 176 valence electrons. The quantitative estimate of drug-likeness (QED) is 0.386. The summed E-state index contributed by atoms with van der Waals surface area (Å²) in [7, 11) is 0. The van der Waals surface area contributed by atoms with E-state index in [0.717, 1.165) is 25.0 Å². The second-order valence-corrected chi connectivity index (χ2v) is 8.69. The van der Waals surface area contributed by atoms with E-state index in [-0.39, 0.29) is 52.3 Å². The average Bonchev–Trinajstić information content (AvgIpc) is 3.53. The lowest BCUT2D eigenvalue weighted by atomic mass is 9.96. The van der Waals surface area contributed by atoms with Crippen LogP contribution in [0.4, 0.5) is 14.5 Å². The van der Waals surface area contributed by atoms with Crippen molar-refractivity contribution in [2.24, 2.45) is 5.73 Å². The van der Waals surface area contributed by atoms with Gasteiger partial charge >= 0.3 is 0 Å². The van der Waals surface area contributed by atoms with E-state index in [9.17, 15) is 18.4 Å². The Morgan fingerprint density at radius 3 is 2.68 bits per heavy atom. The van der Waals surface area contributed by atoms with Crippen LogP contribution in [0.5, 0.6) is 0 Å². The van der Waals surface area contributed by atoms with E-state index in [0.29, 0.717) is 22.0 Å². The summed E-state index contributed by atoms with van der Waals surface area (Å²) in [6, 6.07) is 4.67. The third-order valence-electron chi connectivity index (χ3n) is 6.13. The van der Waals surface area contributed by atoms with Crippen LogP contribution in [0.25, 0.3) is 33.1 Å². The van der Waals surface area contributed by atoms with Crippen molar-refractivity contribution in [1.29, 1.82) is 0 Å². The Bertz CT molecular complexity index is 1540. The van der Waals surface area contributed by atoms with Crippen molar-refractivity contribution in [3.05, 3.63) is 57.7 Å². The van der Waals surface area contributed by atoms with Crippen molar-refractivity contribution in [2.75, 3.05) is 5.73 Å². The third-order valence-corrected chi connectivity index (χ3v) is 6.13. The smallest absolute Gasteiger partial charge is 0.281 e. The highest BCUT2D eigenvalue weighted by Crippen LogP contribution is 2.41. The van der Waals surface area contributed by atoms with E-state index in [4.69, 9.17) is 15.9 Å². The van der Waals surface area contributed by atoms with Gasteiger partial charge in [-0.25, -0.2) is 13.8 Å². The van der Waals surface area contributed by atoms with Gasteiger partial charge in [0.05, 0.1) is 23.8 Å². The second-order valence-electron chi connectivity index (χ2n) is 8.69. The second kappa shape index (κ2) is 7.91. The number of benzene rings is 2. The Morgan fingerprint density at radius 2 is 2.00 bits per heavy atom. The number of fused-ring (bicyclic) bond motifs is 3. The number of pyridine rings is 1. The molecule has 8 nitrogen and oxygen atoms in total. The molecule has 0 spiro atoms. The van der Waals surface area contributed by atoms with Crippen LogP contribution in [0.1, 0.15) is 37.3 Å². The van der Waals surface area contributed by atoms with Crippen LogP contribution in [-0.2, 0) is 11.3 Å². The molecule has 1 fully saturated rings. The van der Waals surface area contributed by atoms with Gasteiger partial charge in [0.15, 0.2) is 11.1 Å². The van der Waals surface area contributed by atoms with Gasteiger partial charge in [-0.05, 0) is 49.9 Å². The van der Waals surface area contributed by atoms with Crippen molar-refractivity contribution in [3.8, 4) is 11.1 Å². The van der Waals surface area contributed by atoms with Crippen LogP contribution < -0.4 is 22.3 Å². The van der Waals surface area contributed by atoms with E-state index in [1.165, 1.54) is 0 Å². The first kappa shape index (κ1) is 22.0. The molecule has 0 saturated heterocycles. The van der Waals surface area contributed by atoms with Gasteiger partial charge in [0.25, 0.3) is 5.56 Å². The Balaban J connectivity index is 1.73. The summed E-state index contributed by atoms with van der Waals surface area (Å²) in [4.78, 5) is 29.6. The number of aryl methyl sites for hydroxylation is 1. The number of amides is 1. The zero-order valence-corrected chi connectivity index (χ0v) is 18.6. The van der Waals surface area contributed by atoms with Gasteiger partial charge in [-0.3, -0.25) is 9.59 Å². The van der Waals surface area contributed by atoms with Gasteiger partial charge in [0.2, 0.25) is 11.8 Å². The molecule has 1 saturated carbocycles. The molecule has 1 aliphatic carbocycles. The van der Waals surface area contributed by atoms with Crippen molar-refractivity contribution >= 4 is 33.6 Å². The highest BCUT2D eigenvalue weighted by Gasteiger charge is 2.30. The molecule has 1 aliphatic rings. The number of anilines is 1. The van der Waals surface area contributed by atoms with E-state index in [2.05, 4.69) is 10.3 Å². The molecule has 34 heavy (non-hydrogen) atoms. The van der Waals surface area contributed by atoms with Gasteiger partial charge in [0.1, 0.15) is 11.6 Å². The van der Waals surface area contributed by atoms with Crippen LogP contribution in [0.3, 0.4) is 0 Å². The predicted molar refractivity (Wildman–Crippen MR) is 124 cm³/mol. The molecule has 2 aromatic carbocycles. The molecule has 4 aromatic rings. The zero-order chi connectivity index (χ0) is 24.3. The lowest BCUT2D eigenvalue weighted by Gasteiger charge is -2.16. The van der Waals surface area contributed by atoms with Crippen LogP contribution in [0, 0.1) is 18.6 Å². The fraction of sp³-hybridized carbons (Fsp3) is 0.292. The normalized spacial score (nSPS) is 14.6. The maximum Gasteiger partial charge on any atom is 0.281 e. The molecular formula is C24H23F2N5O3. The van der Waals surface area contributed by atoms with E-state index in [1.807, 2.05) is 0 Å². The first-order valence-electron chi connectivity index (χ1n) is 10.9. The molecule has 1 amide bonds. The summed E-state index contributed by atoms with van der Waals surface area (Å²) in [5, 5.41) is 3.24. The van der Waals surface area contributed by atoms with Crippen molar-refractivity contribution < 1.29 is 18.0 Å². The molecule has 0 unspecified atom stereocenters. The number of hydrogen-bond acceptors (Lipinski definition) is 6. The van der Waals surface area contributed by atoms with Crippen LogP contribution >= 0.6 is 0 Å². The maximum absolute atomic E-state index is 14.7. The molecule has 1 atom stereocenters. The molecule has 5 rings (SSSR count). The van der Waals surface area contributed by atoms with Crippen molar-refractivity contribution in [2.45, 2.75) is 45.3 Å². The van der Waals surface area contributed by atoms with Gasteiger partial charge in [0, 0.05) is 23.1 Å². The minimum atomic E-state index is -0.723. The fourth-order valence-electron chi connectivity index (χ4n) is 4.24. The fourth-order valence-corrected chi connectivity index (χ4v) is 4.24. The number of nitrogens with two attached hydrogens (primary N) is 2. The molecule has 0 aliphatic heterocycles. The average molecular weight is 467 g/mol. The summed E-state index contributed by atoms with van der Waals surface area (Å²) in [6.07, 6.45) is 1.65. The summed E-state index contributed by atoms with van der Waals surface area (Å²) < 4.78 is 36.4. The number of nitrogens with one attached hydrogen (secondary N) is 1. The van der Waals surface area contributed by atoms with Gasteiger partial charge in [-0.2, -0.15) is 0 Å². The molecule has 10 heteroatoms. The lowest BCUT2D eigenvalue weighted by Crippen LogP contribution is -2.37. The molecule has 2 aromatic heterocycles. The number of aromatic nitrogens is 2. The van der Waals surface area contributed by atoms with E-state index < -0.39 is 17.7 Å². The SMILES string of the molecule is Cc1c(-c2cc(F)c(N)cc2F)ccc2c3oc(CNC(=O)[C@@H](C)N)nc3c(=O)n(C3CC3)c12. The Morgan fingerprint density at radius 1 is 1.26 bits per heavy atom. The number of rotatable bonds is 5. The monoisotopic (exact) mass is 467 g/mol. The summed E-state index contributed by atoms with van der Waals surface area (Å²) in [6.45, 7) is 3.29. The standard InChI is InChI=1S/C24H23F2N5O3/c1-10-13(15-7-17(26)18(28)8-16(15)25)5-6-14-21(10)31(12-3-4-12)24(33)20-22(14)34-19(30-20)9-29-23(32)11(2)27/h5-8,11-12H,3-4,9,27-28H2,1-2H3,(H,29,32)/t11-/m1/s1. The summed E-state index contributed by atoms with van der Waals surface area (Å²) in [5.74, 6) is -1.58. The lowest BCUT2D eigenvalue weighted by molar-refractivity contribution is -0.122. The molecule has 0 bridgehead atoms. The molecule has 5 N–H and O–H groups in total. The molecular weight excluding hydrogens is 444 g/mol. The highest BCUT2D eigenvalue weighted by molar-refractivity contribution is 6.04. The van der Waals surface area contributed by atoms with Crippen LogP contribution in [0.2, 0.25) is 0 Å². The number of halogens is 2. The number of carbonyl (C=O) groups is 1. The van der Waals surface area contributed by atoms with E-state index >= 15 is 0 Å². The first-order valence-corrected chi connectivity index (χ1v) is 10.9. The Hall–Kier alpha value is -3.79. The topological polar surface area (TPSA) is 129 Å². The number of hydrogen-bond donors (Lipinski definition) is 3. The van der Waals surface area contributed by atoms with Gasteiger partial charge < -0.3 is 25.8 Å². The van der Waals surface area contributed by atoms with Gasteiger partial charge in [-0.1, -0.05) is 6.07 Å². The number of nitrogens with zero attached hydrogens (tertiary/aromatic N) is 2. The maximum atomic E-state index is 14.7. The summed E-state index contributed by atoms with van der Waals surface area (Å²) >= 11 is 0. The minimum Gasteiger partial charge on any atom is -0.438 e. The number of nitrogen functional groups attached to an aromatic ring is 1. The number of carbonyl (C=O) groups excluding carboxylic acids is 1. The number of oxazole rings is 1. The molecule has 2 heterocycles. The largest absolute Gasteiger partial charge is 0.438 e. The van der Waals surface area contributed by atoms with Crippen molar-refractivity contribution in [1.82, 2.24) is 14.9 Å². The minimum absolute atomic E-state index is 0.0145. The van der Waals surface area contributed by atoms with Crippen LogP contribution in [-0.4, -0.2) is 21.5 Å². The third kappa shape index (κ3) is 3.50. The zero-order valence-electron chi connectivity index (χ0n) is 18.6. The van der Waals surface area contributed by atoms with E-state index in [1.54, 1.807) is 30.5 Å². The molecule has 0 radical (unpaired) electrons. The summed E-state index contributed by atoms with van der Waals surface area (Å²) in [5.41, 5.74) is 12.6. The van der Waals surface area contributed by atoms with Crippen LogP contribution in [0.15, 0.2) is 33.5 Å². The van der Waals surface area contributed by atoms with Gasteiger partial charge in [-0.15, -0.1) is 0 Å². The first-order chi connectivity index (χ1) is 16.2. The Kier molecular flexibility index (Phi) is 5.12.